The van der Waals surface area contributed by atoms with Gasteiger partial charge in [0.05, 0.1) is 11.4 Å². The van der Waals surface area contributed by atoms with Crippen LogP contribution < -0.4 is 5.32 Å². The van der Waals surface area contributed by atoms with E-state index < -0.39 is 0 Å². The molecule has 0 bridgehead atoms. The molecule has 0 amide bonds. The van der Waals surface area contributed by atoms with Crippen LogP contribution in [0.25, 0.3) is 0 Å². The van der Waals surface area contributed by atoms with Crippen molar-refractivity contribution in [3.8, 4) is 0 Å². The van der Waals surface area contributed by atoms with Crippen LogP contribution >= 0.6 is 0 Å². The van der Waals surface area contributed by atoms with Gasteiger partial charge in [-0.1, -0.05) is 13.8 Å². The van der Waals surface area contributed by atoms with Crippen LogP contribution in [0.1, 0.15) is 45.0 Å². The number of hydrogen-bond acceptors (Lipinski definition) is 3. The van der Waals surface area contributed by atoms with Gasteiger partial charge in [0.25, 0.3) is 0 Å². The lowest BCUT2D eigenvalue weighted by Gasteiger charge is -2.47. The van der Waals surface area contributed by atoms with E-state index in [1.54, 1.807) is 0 Å². The minimum Gasteiger partial charge on any atom is -0.311 e. The van der Waals surface area contributed by atoms with Crippen molar-refractivity contribution in [1.29, 1.82) is 0 Å². The molecule has 2 rings (SSSR count). The molecule has 1 aromatic rings. The van der Waals surface area contributed by atoms with Gasteiger partial charge in [-0.05, 0) is 32.8 Å². The summed E-state index contributed by atoms with van der Waals surface area (Å²) in [5.41, 5.74) is 2.68. The molecule has 1 fully saturated rings. The van der Waals surface area contributed by atoms with E-state index in [9.17, 15) is 0 Å². The average Bonchev–Trinajstić information content (AvgIpc) is 2.70. The summed E-state index contributed by atoms with van der Waals surface area (Å²) in [6.45, 7) is 12.2. The van der Waals surface area contributed by atoms with Gasteiger partial charge in [-0.2, -0.15) is 5.10 Å². The Hall–Kier alpha value is -0.870. The maximum absolute atomic E-state index is 4.46. The van der Waals surface area contributed by atoms with Gasteiger partial charge in [0, 0.05) is 38.3 Å². The number of hydrogen-bond donors (Lipinski definition) is 1. The van der Waals surface area contributed by atoms with Crippen molar-refractivity contribution in [2.45, 2.75) is 58.7 Å². The zero-order valence-electron chi connectivity index (χ0n) is 13.0. The van der Waals surface area contributed by atoms with Crippen molar-refractivity contribution in [3.05, 3.63) is 17.5 Å². The molecule has 0 radical (unpaired) electrons. The normalized spacial score (nSPS) is 28.8. The second-order valence-electron chi connectivity index (χ2n) is 6.12. The maximum Gasteiger partial charge on any atom is 0.0597 e. The molecule has 1 aromatic heterocycles. The number of aromatic nitrogens is 2. The monoisotopic (exact) mass is 264 g/mol. The van der Waals surface area contributed by atoms with Gasteiger partial charge < -0.3 is 5.32 Å². The molecule has 108 valence electrons. The molecule has 0 aromatic carbocycles. The number of aryl methyl sites for hydroxylation is 2. The van der Waals surface area contributed by atoms with Gasteiger partial charge in [0.1, 0.15) is 0 Å². The Morgan fingerprint density at radius 3 is 2.74 bits per heavy atom. The Morgan fingerprint density at radius 1 is 1.47 bits per heavy atom. The van der Waals surface area contributed by atoms with Crippen LogP contribution in [0.3, 0.4) is 0 Å². The van der Waals surface area contributed by atoms with Crippen molar-refractivity contribution in [2.24, 2.45) is 7.05 Å². The maximum atomic E-state index is 4.46. The fourth-order valence-electron chi connectivity index (χ4n) is 2.91. The number of piperazine rings is 1. The van der Waals surface area contributed by atoms with Crippen molar-refractivity contribution in [3.63, 3.8) is 0 Å². The Labute approximate surface area is 117 Å². The molecular formula is C15H28N4. The summed E-state index contributed by atoms with van der Waals surface area (Å²) in [7, 11) is 2.05. The number of nitrogens with one attached hydrogen (secondary N) is 1. The molecule has 1 aliphatic heterocycles. The van der Waals surface area contributed by atoms with Crippen molar-refractivity contribution >= 4 is 0 Å². The van der Waals surface area contributed by atoms with Crippen LogP contribution in [0.5, 0.6) is 0 Å². The molecule has 4 heteroatoms. The van der Waals surface area contributed by atoms with Gasteiger partial charge in [0.2, 0.25) is 0 Å². The summed E-state index contributed by atoms with van der Waals surface area (Å²) >= 11 is 0. The predicted molar refractivity (Wildman–Crippen MR) is 79.1 cm³/mol. The fraction of sp³-hybridized carbons (Fsp3) is 0.800. The second kappa shape index (κ2) is 5.63. The van der Waals surface area contributed by atoms with Crippen molar-refractivity contribution in [1.82, 2.24) is 20.0 Å². The number of nitrogens with zero attached hydrogens (tertiary/aromatic N) is 3. The van der Waals surface area contributed by atoms with Crippen molar-refractivity contribution < 1.29 is 0 Å². The predicted octanol–water partition coefficient (Wildman–Crippen LogP) is 2.08. The Balaban J connectivity index is 2.16. The molecule has 1 saturated heterocycles. The summed E-state index contributed by atoms with van der Waals surface area (Å²) < 4.78 is 2.02. The van der Waals surface area contributed by atoms with E-state index in [1.807, 2.05) is 11.7 Å². The molecule has 0 aliphatic carbocycles. The third-order valence-corrected chi connectivity index (χ3v) is 4.68. The largest absolute Gasteiger partial charge is 0.311 e. The second-order valence-corrected chi connectivity index (χ2v) is 6.12. The minimum absolute atomic E-state index is 0.254. The molecule has 0 spiro atoms. The zero-order valence-corrected chi connectivity index (χ0v) is 13.0. The first-order chi connectivity index (χ1) is 8.98. The van der Waals surface area contributed by atoms with E-state index in [2.05, 4.69) is 49.1 Å². The van der Waals surface area contributed by atoms with Crippen LogP contribution in [0, 0.1) is 6.92 Å². The highest BCUT2D eigenvalue weighted by Crippen LogP contribution is 2.25. The van der Waals surface area contributed by atoms with Gasteiger partial charge in [0.15, 0.2) is 0 Å². The van der Waals surface area contributed by atoms with E-state index in [-0.39, 0.29) is 5.54 Å². The van der Waals surface area contributed by atoms with E-state index in [1.165, 1.54) is 18.5 Å². The van der Waals surface area contributed by atoms with Gasteiger partial charge in [-0.15, -0.1) is 0 Å². The number of rotatable bonds is 4. The highest BCUT2D eigenvalue weighted by molar-refractivity contribution is 5.10. The molecule has 1 N–H and O–H groups in total. The van der Waals surface area contributed by atoms with E-state index in [4.69, 9.17) is 0 Å². The molecule has 0 saturated carbocycles. The highest BCUT2D eigenvalue weighted by atomic mass is 15.3. The molecule has 19 heavy (non-hydrogen) atoms. The van der Waals surface area contributed by atoms with Crippen LogP contribution in [-0.2, 0) is 13.6 Å². The summed E-state index contributed by atoms with van der Waals surface area (Å²) in [6, 6.07) is 2.83. The quantitative estimate of drug-likeness (QED) is 0.904. The first kappa shape index (κ1) is 14.5. The Kier molecular flexibility index (Phi) is 4.31. The van der Waals surface area contributed by atoms with E-state index in [0.717, 1.165) is 25.3 Å². The smallest absolute Gasteiger partial charge is 0.0597 e. The Bertz CT molecular complexity index is 426. The average molecular weight is 264 g/mol. The van der Waals surface area contributed by atoms with E-state index >= 15 is 0 Å². The lowest BCUT2D eigenvalue weighted by atomic mass is 9.91. The topological polar surface area (TPSA) is 33.1 Å². The van der Waals surface area contributed by atoms with Gasteiger partial charge >= 0.3 is 0 Å². The summed E-state index contributed by atoms with van der Waals surface area (Å²) in [5.74, 6) is 0. The summed E-state index contributed by atoms with van der Waals surface area (Å²) in [4.78, 5) is 2.63. The van der Waals surface area contributed by atoms with Crippen LogP contribution in [0.4, 0.5) is 0 Å². The molecule has 2 heterocycles. The first-order valence-electron chi connectivity index (χ1n) is 7.46. The van der Waals surface area contributed by atoms with Gasteiger partial charge in [-0.3, -0.25) is 9.58 Å². The zero-order chi connectivity index (χ0) is 14.0. The third kappa shape index (κ3) is 3.00. The molecule has 4 nitrogen and oxygen atoms in total. The molecule has 1 aliphatic rings. The SMILES string of the molecule is CCC1CN(Cc2cc(C)nn2C)C(C)(CC)CN1. The highest BCUT2D eigenvalue weighted by Gasteiger charge is 2.36. The van der Waals surface area contributed by atoms with Crippen LogP contribution in [-0.4, -0.2) is 39.4 Å². The first-order valence-corrected chi connectivity index (χ1v) is 7.46. The summed E-state index contributed by atoms with van der Waals surface area (Å²) in [5, 5.41) is 8.15. The lowest BCUT2D eigenvalue weighted by Crippen LogP contribution is -2.62. The van der Waals surface area contributed by atoms with Gasteiger partial charge in [-0.25, -0.2) is 0 Å². The standard InChI is InChI=1S/C15H28N4/c1-6-13-9-19(15(4,7-2)11-16-13)10-14-8-12(3)17-18(14)5/h8,13,16H,6-7,9-11H2,1-5H3. The summed E-state index contributed by atoms with van der Waals surface area (Å²) in [6.07, 6.45) is 2.37. The minimum atomic E-state index is 0.254. The third-order valence-electron chi connectivity index (χ3n) is 4.68. The van der Waals surface area contributed by atoms with E-state index in [0.29, 0.717) is 6.04 Å². The molecular weight excluding hydrogens is 236 g/mol. The lowest BCUT2D eigenvalue weighted by molar-refractivity contribution is 0.0388. The molecule has 2 unspecified atom stereocenters. The van der Waals surface area contributed by atoms with Crippen molar-refractivity contribution in [2.75, 3.05) is 13.1 Å². The van der Waals surface area contributed by atoms with Crippen LogP contribution in [0.2, 0.25) is 0 Å². The Morgan fingerprint density at radius 2 is 2.21 bits per heavy atom. The van der Waals surface area contributed by atoms with Crippen LogP contribution in [0.15, 0.2) is 6.07 Å². The molecule has 2 atom stereocenters. The fourth-order valence-corrected chi connectivity index (χ4v) is 2.91.